The van der Waals surface area contributed by atoms with Gasteiger partial charge in [-0.05, 0) is 56.9 Å². The van der Waals surface area contributed by atoms with Gasteiger partial charge in [0.25, 0.3) is 0 Å². The molecule has 2 heterocycles. The molecule has 0 saturated heterocycles. The average molecular weight is 444 g/mol. The Balaban J connectivity index is 1.90. The summed E-state index contributed by atoms with van der Waals surface area (Å²) >= 11 is 0. The summed E-state index contributed by atoms with van der Waals surface area (Å²) in [4.78, 5) is 19.3. The van der Waals surface area contributed by atoms with Crippen LogP contribution in [0, 0.1) is 0 Å². The predicted molar refractivity (Wildman–Crippen MR) is 132 cm³/mol. The Labute approximate surface area is 194 Å². The largest absolute Gasteiger partial charge is 0.497 e. The molecule has 0 aliphatic carbocycles. The van der Waals surface area contributed by atoms with Gasteiger partial charge in [0.1, 0.15) is 5.75 Å². The number of ether oxygens (including phenoxy) is 2. The molecule has 4 rings (SSSR count). The fourth-order valence-electron chi connectivity index (χ4n) is 4.00. The lowest BCUT2D eigenvalue weighted by molar-refractivity contribution is 0.0603. The van der Waals surface area contributed by atoms with E-state index >= 15 is 0 Å². The molecule has 0 aliphatic rings. The predicted octanol–water partition coefficient (Wildman–Crippen LogP) is 5.12. The van der Waals surface area contributed by atoms with Crippen LogP contribution in [-0.2, 0) is 11.3 Å². The van der Waals surface area contributed by atoms with Crippen LogP contribution in [0.3, 0.4) is 0 Å². The fourth-order valence-corrected chi connectivity index (χ4v) is 4.00. The quantitative estimate of drug-likeness (QED) is 0.371. The van der Waals surface area contributed by atoms with E-state index in [2.05, 4.69) is 47.7 Å². The van der Waals surface area contributed by atoms with Gasteiger partial charge >= 0.3 is 5.97 Å². The molecule has 0 N–H and O–H groups in total. The van der Waals surface area contributed by atoms with Crippen LogP contribution in [0.4, 0.5) is 0 Å². The Bertz CT molecular complexity index is 1290. The maximum Gasteiger partial charge on any atom is 0.338 e. The summed E-state index contributed by atoms with van der Waals surface area (Å²) in [5, 5.41) is 0.875. The fraction of sp³-hybridized carbons (Fsp3) is 0.259. The number of carbonyl (C=O) groups excluding carboxylic acids is 1. The van der Waals surface area contributed by atoms with E-state index in [1.54, 1.807) is 7.11 Å². The summed E-state index contributed by atoms with van der Waals surface area (Å²) in [6.07, 6.45) is 5.79. The summed E-state index contributed by atoms with van der Waals surface area (Å²) in [6, 6.07) is 16.1. The Morgan fingerprint density at radius 1 is 1.03 bits per heavy atom. The van der Waals surface area contributed by atoms with Crippen molar-refractivity contribution in [2.75, 3.05) is 28.3 Å². The van der Waals surface area contributed by atoms with Crippen LogP contribution >= 0.6 is 0 Å². The lowest BCUT2D eigenvalue weighted by Crippen LogP contribution is -2.28. The molecule has 0 radical (unpaired) electrons. The number of esters is 1. The van der Waals surface area contributed by atoms with Crippen molar-refractivity contribution in [2.24, 2.45) is 0 Å². The maximum atomic E-state index is 12.6. The van der Waals surface area contributed by atoms with Gasteiger partial charge in [-0.1, -0.05) is 18.2 Å². The summed E-state index contributed by atoms with van der Waals surface area (Å²) < 4.78 is 12.7. The molecule has 2 aromatic heterocycles. The maximum absolute atomic E-state index is 12.6. The summed E-state index contributed by atoms with van der Waals surface area (Å²) in [5.74, 6) is 0.442. The van der Waals surface area contributed by atoms with E-state index in [-0.39, 0.29) is 5.97 Å². The number of aromatic nitrogens is 2. The Morgan fingerprint density at radius 3 is 2.52 bits per heavy atom. The normalized spacial score (nSPS) is 12.2. The van der Waals surface area contributed by atoms with Crippen molar-refractivity contribution in [2.45, 2.75) is 19.5 Å². The average Bonchev–Trinajstić information content (AvgIpc) is 3.22. The van der Waals surface area contributed by atoms with E-state index < -0.39 is 0 Å². The Morgan fingerprint density at radius 2 is 1.79 bits per heavy atom. The van der Waals surface area contributed by atoms with Crippen molar-refractivity contribution in [3.05, 3.63) is 72.7 Å². The van der Waals surface area contributed by atoms with Crippen molar-refractivity contribution in [3.8, 4) is 28.0 Å². The van der Waals surface area contributed by atoms with Gasteiger partial charge < -0.3 is 18.9 Å². The molecule has 0 spiro atoms. The number of hydrogen-bond donors (Lipinski definition) is 0. The van der Waals surface area contributed by atoms with E-state index in [0.29, 0.717) is 11.6 Å². The van der Waals surface area contributed by atoms with Gasteiger partial charge in [-0.25, -0.2) is 4.79 Å². The Kier molecular flexibility index (Phi) is 6.47. The zero-order chi connectivity index (χ0) is 23.5. The first-order valence-corrected chi connectivity index (χ1v) is 10.9. The SMILES string of the molecule is COC(=O)c1cccc2c1c(-c1cncc(-c3cccc(OC)c3)c1)cn2CC(C)N(C)C. The van der Waals surface area contributed by atoms with Crippen LogP contribution < -0.4 is 4.74 Å². The molecule has 2 aromatic carbocycles. The minimum absolute atomic E-state index is 0.316. The smallest absolute Gasteiger partial charge is 0.338 e. The third kappa shape index (κ3) is 4.47. The van der Waals surface area contributed by atoms with Crippen LogP contribution in [0.5, 0.6) is 5.75 Å². The lowest BCUT2D eigenvalue weighted by Gasteiger charge is -2.20. The van der Waals surface area contributed by atoms with Crippen molar-refractivity contribution in [1.82, 2.24) is 14.5 Å². The Hall–Kier alpha value is -3.64. The van der Waals surface area contributed by atoms with Gasteiger partial charge in [0.2, 0.25) is 0 Å². The molecule has 170 valence electrons. The highest BCUT2D eigenvalue weighted by atomic mass is 16.5. The van der Waals surface area contributed by atoms with Crippen LogP contribution in [0.25, 0.3) is 33.2 Å². The van der Waals surface area contributed by atoms with Crippen molar-refractivity contribution >= 4 is 16.9 Å². The monoisotopic (exact) mass is 443 g/mol. The molecule has 1 unspecified atom stereocenters. The van der Waals surface area contributed by atoms with Gasteiger partial charge in [-0.2, -0.15) is 0 Å². The number of hydrogen-bond acceptors (Lipinski definition) is 5. The van der Waals surface area contributed by atoms with E-state index in [1.165, 1.54) is 7.11 Å². The zero-order valence-corrected chi connectivity index (χ0v) is 19.7. The molecule has 0 fully saturated rings. The molecule has 33 heavy (non-hydrogen) atoms. The second kappa shape index (κ2) is 9.46. The molecular weight excluding hydrogens is 414 g/mol. The van der Waals surface area contributed by atoms with Gasteiger partial charge in [-0.15, -0.1) is 0 Å². The van der Waals surface area contributed by atoms with E-state index in [4.69, 9.17) is 9.47 Å². The number of methoxy groups -OCH3 is 2. The standard InChI is InChI=1S/C27H29N3O3/c1-18(29(2)3)16-30-17-24(26-23(27(31)33-5)10-7-11-25(26)30)21-12-20(14-28-15-21)19-8-6-9-22(13-19)32-4/h6-15,17-18H,16H2,1-5H3. The highest BCUT2D eigenvalue weighted by Gasteiger charge is 2.20. The molecule has 6 nitrogen and oxygen atoms in total. The van der Waals surface area contributed by atoms with Gasteiger partial charge in [0.05, 0.1) is 19.8 Å². The molecule has 0 bridgehead atoms. The number of benzene rings is 2. The van der Waals surface area contributed by atoms with Crippen molar-refractivity contribution in [1.29, 1.82) is 0 Å². The van der Waals surface area contributed by atoms with E-state index in [0.717, 1.165) is 45.5 Å². The summed E-state index contributed by atoms with van der Waals surface area (Å²) in [6.45, 7) is 2.97. The summed E-state index contributed by atoms with van der Waals surface area (Å²) in [5.41, 5.74) is 5.43. The van der Waals surface area contributed by atoms with E-state index in [1.807, 2.05) is 54.9 Å². The first-order chi connectivity index (χ1) is 15.9. The summed E-state index contributed by atoms with van der Waals surface area (Å²) in [7, 11) is 7.21. The number of pyridine rings is 1. The minimum Gasteiger partial charge on any atom is -0.497 e. The molecule has 1 atom stereocenters. The van der Waals surface area contributed by atoms with Crippen molar-refractivity contribution < 1.29 is 14.3 Å². The number of rotatable bonds is 7. The topological polar surface area (TPSA) is 56.6 Å². The first-order valence-electron chi connectivity index (χ1n) is 10.9. The molecule has 0 amide bonds. The third-order valence-electron chi connectivity index (χ3n) is 6.11. The number of carbonyl (C=O) groups is 1. The second-order valence-corrected chi connectivity index (χ2v) is 8.39. The van der Waals surface area contributed by atoms with E-state index in [9.17, 15) is 4.79 Å². The number of nitrogens with zero attached hydrogens (tertiary/aromatic N) is 3. The minimum atomic E-state index is -0.350. The van der Waals surface area contributed by atoms with Crippen LogP contribution in [0.1, 0.15) is 17.3 Å². The molecule has 4 aromatic rings. The first kappa shape index (κ1) is 22.6. The second-order valence-electron chi connectivity index (χ2n) is 8.39. The lowest BCUT2D eigenvalue weighted by atomic mass is 9.99. The van der Waals surface area contributed by atoms with Gasteiger partial charge in [-0.3, -0.25) is 4.98 Å². The van der Waals surface area contributed by atoms with Crippen molar-refractivity contribution in [3.63, 3.8) is 0 Å². The number of likely N-dealkylation sites (N-methyl/N-ethyl adjacent to an activating group) is 1. The zero-order valence-electron chi connectivity index (χ0n) is 19.7. The molecule has 0 aliphatic heterocycles. The highest BCUT2D eigenvalue weighted by Crippen LogP contribution is 2.35. The third-order valence-corrected chi connectivity index (χ3v) is 6.11. The van der Waals surface area contributed by atoms with Gasteiger partial charge in [0.15, 0.2) is 0 Å². The molecule has 6 heteroatoms. The number of fused-ring (bicyclic) bond motifs is 1. The van der Waals surface area contributed by atoms with Gasteiger partial charge in [0, 0.05) is 58.8 Å². The van der Waals surface area contributed by atoms with Crippen LogP contribution in [0.15, 0.2) is 67.1 Å². The highest BCUT2D eigenvalue weighted by molar-refractivity contribution is 6.10. The van der Waals surface area contributed by atoms with Crippen LogP contribution in [-0.4, -0.2) is 54.8 Å². The molecule has 0 saturated carbocycles. The molecular formula is C27H29N3O3. The van der Waals surface area contributed by atoms with Crippen LogP contribution in [0.2, 0.25) is 0 Å².